The molecule has 320 valence electrons. The zero-order valence-corrected chi connectivity index (χ0v) is 36.4. The Morgan fingerprint density at radius 2 is 1.64 bits per heavy atom. The van der Waals surface area contributed by atoms with E-state index in [1.807, 2.05) is 20.8 Å². The minimum atomic E-state index is -3.88. The Morgan fingerprint density at radius 3 is 2.22 bits per heavy atom. The molecule has 5 saturated carbocycles. The van der Waals surface area contributed by atoms with Crippen LogP contribution in [0.25, 0.3) is 10.9 Å². The van der Waals surface area contributed by atoms with E-state index in [9.17, 15) is 27.6 Å². The average molecular weight is 852 g/mol. The minimum Gasteiger partial charge on any atom is -0.351 e. The van der Waals surface area contributed by atoms with Crippen molar-refractivity contribution in [2.45, 2.75) is 141 Å². The van der Waals surface area contributed by atoms with Crippen LogP contribution in [0.1, 0.15) is 122 Å². The van der Waals surface area contributed by atoms with Crippen molar-refractivity contribution in [1.82, 2.24) is 30.6 Å². The van der Waals surface area contributed by atoms with Gasteiger partial charge in [0.25, 0.3) is 11.8 Å². The number of nitrogens with one attached hydrogen (secondary N) is 5. The second-order valence-electron chi connectivity index (χ2n) is 20.1. The summed E-state index contributed by atoms with van der Waals surface area (Å²) in [6.45, 7) is 14.2. The number of hydrogen-bond acceptors (Lipinski definition) is 7. The zero-order valence-electron chi connectivity index (χ0n) is 34.8. The molecule has 15 heteroatoms. The van der Waals surface area contributed by atoms with E-state index < -0.39 is 79.8 Å². The van der Waals surface area contributed by atoms with E-state index in [-0.39, 0.29) is 28.6 Å². The molecule has 1 unspecified atom stereocenters. The minimum absolute atomic E-state index is 0.0328. The first-order chi connectivity index (χ1) is 27.7. The maximum Gasteiger partial charge on any atom is 0.268 e. The smallest absolute Gasteiger partial charge is 0.268 e. The standard InChI is InChI=1S/C44H59ClN6O7S/c1-7-27-22-44(27,39(56)50-59(57,58)29-15-16-29)49-36(53)32-23-43(41(5,6)42(43)18-11-19-42)24-51(32)38(55)34(40(2,3)4)48-37(54)33(25-12-9-8-10-13-25)47-35(52)31-21-26-20-28(45)14-17-30(26)46-31/h7,14,17,20-21,25,27,29,32-34,46H,1,8-13,15-16,18-19,22-24H2,2-6H3,(H,47,52)(H,48,54)(H,49,53)(H,50,56)/t27-,32+,33?,34-,43-,44-/m1/s1. The number of sulfonamides is 1. The number of carbonyl (C=O) groups excluding carboxylic acids is 5. The van der Waals surface area contributed by atoms with Gasteiger partial charge in [0.2, 0.25) is 27.7 Å². The summed E-state index contributed by atoms with van der Waals surface area (Å²) in [6, 6.07) is 4.03. The summed E-state index contributed by atoms with van der Waals surface area (Å²) in [6.07, 6.45) is 10.5. The lowest BCUT2D eigenvalue weighted by Gasteiger charge is -2.38. The summed E-state index contributed by atoms with van der Waals surface area (Å²) in [5, 5.41) is 9.72. The first-order valence-electron chi connectivity index (χ1n) is 21.4. The van der Waals surface area contributed by atoms with Gasteiger partial charge in [-0.3, -0.25) is 28.7 Å². The molecule has 5 N–H and O–H groups in total. The lowest BCUT2D eigenvalue weighted by atomic mass is 9.73. The molecule has 13 nitrogen and oxygen atoms in total. The molecule has 6 fully saturated rings. The quantitative estimate of drug-likeness (QED) is 0.175. The Labute approximate surface area is 352 Å². The van der Waals surface area contributed by atoms with Gasteiger partial charge in [0, 0.05) is 33.8 Å². The molecule has 59 heavy (non-hydrogen) atoms. The number of hydrogen-bond donors (Lipinski definition) is 5. The summed E-state index contributed by atoms with van der Waals surface area (Å²) in [4.78, 5) is 76.7. The van der Waals surface area contributed by atoms with Crippen LogP contribution in [0.5, 0.6) is 0 Å². The monoisotopic (exact) mass is 850 g/mol. The van der Waals surface area contributed by atoms with Crippen molar-refractivity contribution in [2.24, 2.45) is 33.5 Å². The molecule has 2 aromatic rings. The van der Waals surface area contributed by atoms with Crippen molar-refractivity contribution in [3.63, 3.8) is 0 Å². The van der Waals surface area contributed by atoms with Gasteiger partial charge in [-0.05, 0) is 97.8 Å². The van der Waals surface area contributed by atoms with Crippen molar-refractivity contribution in [3.05, 3.63) is 47.6 Å². The highest BCUT2D eigenvalue weighted by Crippen LogP contribution is 2.88. The molecule has 6 atom stereocenters. The van der Waals surface area contributed by atoms with E-state index in [1.165, 1.54) is 0 Å². The number of fused-ring (bicyclic) bond motifs is 2. The van der Waals surface area contributed by atoms with Gasteiger partial charge in [-0.1, -0.05) is 78.0 Å². The molecule has 1 saturated heterocycles. The number of aromatic nitrogens is 1. The van der Waals surface area contributed by atoms with E-state index in [2.05, 4.69) is 46.1 Å². The van der Waals surface area contributed by atoms with Gasteiger partial charge in [-0.25, -0.2) is 8.42 Å². The predicted octanol–water partition coefficient (Wildman–Crippen LogP) is 5.50. The van der Waals surface area contributed by atoms with Crippen LogP contribution >= 0.6 is 11.6 Å². The van der Waals surface area contributed by atoms with E-state index in [0.29, 0.717) is 36.5 Å². The van der Waals surface area contributed by atoms with Gasteiger partial charge in [-0.2, -0.15) is 0 Å². The number of likely N-dealkylation sites (tertiary alicyclic amines) is 1. The summed E-state index contributed by atoms with van der Waals surface area (Å²) >= 11 is 6.20. The lowest BCUT2D eigenvalue weighted by Crippen LogP contribution is -2.62. The van der Waals surface area contributed by atoms with Gasteiger partial charge in [0.15, 0.2) is 0 Å². The van der Waals surface area contributed by atoms with Gasteiger partial charge < -0.3 is 25.8 Å². The molecular weight excluding hydrogens is 792 g/mol. The van der Waals surface area contributed by atoms with Crippen LogP contribution in [-0.2, 0) is 29.2 Å². The Kier molecular flexibility index (Phi) is 10.2. The fraction of sp³-hybridized carbons (Fsp3) is 0.659. The fourth-order valence-electron chi connectivity index (χ4n) is 11.4. The Balaban J connectivity index is 1.07. The first kappa shape index (κ1) is 41.8. The van der Waals surface area contributed by atoms with Crippen molar-refractivity contribution in [3.8, 4) is 0 Å². The van der Waals surface area contributed by atoms with Crippen LogP contribution in [-0.4, -0.2) is 83.3 Å². The molecule has 2 spiro atoms. The third kappa shape index (κ3) is 6.88. The Bertz CT molecular complexity index is 2220. The molecular formula is C44H59ClN6O7S. The molecule has 1 aromatic carbocycles. The molecule has 5 aliphatic carbocycles. The highest BCUT2D eigenvalue weighted by Gasteiger charge is 2.85. The summed E-state index contributed by atoms with van der Waals surface area (Å²) in [7, 11) is -3.88. The van der Waals surface area contributed by atoms with Crippen LogP contribution < -0.4 is 20.7 Å². The van der Waals surface area contributed by atoms with Crippen LogP contribution in [0.3, 0.4) is 0 Å². The van der Waals surface area contributed by atoms with E-state index in [0.717, 1.165) is 62.3 Å². The third-order valence-electron chi connectivity index (χ3n) is 15.6. The van der Waals surface area contributed by atoms with Gasteiger partial charge >= 0.3 is 0 Å². The molecule has 0 radical (unpaired) electrons. The number of amides is 5. The normalized spacial score (nSPS) is 29.3. The largest absolute Gasteiger partial charge is 0.351 e. The SMILES string of the molecule is C=C[C@@H]1C[C@]1(NC(=O)[C@@H]1C[C@@]2(CN1C(=O)[C@@H](NC(=O)C(NC(=O)c1cc3cc(Cl)ccc3[nH]1)C1CCCCC1)C(C)(C)C)C(C)(C)C21CCC1)C(=O)NS(=O)(=O)C1CC1. The van der Waals surface area contributed by atoms with Crippen LogP contribution in [0.15, 0.2) is 36.9 Å². The van der Waals surface area contributed by atoms with Crippen LogP contribution in [0.4, 0.5) is 0 Å². The number of halogens is 1. The Morgan fingerprint density at radius 1 is 0.949 bits per heavy atom. The molecule has 2 heterocycles. The number of H-pyrrole nitrogens is 1. The van der Waals surface area contributed by atoms with E-state index in [4.69, 9.17) is 11.6 Å². The first-order valence-corrected chi connectivity index (χ1v) is 23.3. The maximum atomic E-state index is 15.2. The van der Waals surface area contributed by atoms with Gasteiger partial charge in [0.1, 0.15) is 29.4 Å². The van der Waals surface area contributed by atoms with E-state index >= 15 is 4.79 Å². The van der Waals surface area contributed by atoms with Crippen molar-refractivity contribution in [1.29, 1.82) is 0 Å². The molecule has 5 amide bonds. The van der Waals surface area contributed by atoms with Gasteiger partial charge in [0.05, 0.1) is 5.25 Å². The highest BCUT2D eigenvalue weighted by atomic mass is 35.5. The van der Waals surface area contributed by atoms with Crippen LogP contribution in [0, 0.1) is 33.5 Å². The summed E-state index contributed by atoms with van der Waals surface area (Å²) in [5.41, 5.74) is -1.83. The second-order valence-corrected chi connectivity index (χ2v) is 22.5. The zero-order chi connectivity index (χ0) is 42.5. The molecule has 8 rings (SSSR count). The molecule has 1 aromatic heterocycles. The number of rotatable bonds is 12. The lowest BCUT2D eigenvalue weighted by molar-refractivity contribution is -0.145. The summed E-state index contributed by atoms with van der Waals surface area (Å²) < 4.78 is 27.9. The number of carbonyl (C=O) groups is 5. The molecule has 0 bridgehead atoms. The summed E-state index contributed by atoms with van der Waals surface area (Å²) in [5.74, 6) is -3.26. The van der Waals surface area contributed by atoms with Crippen molar-refractivity contribution in [2.75, 3.05) is 6.54 Å². The molecule has 6 aliphatic rings. The highest BCUT2D eigenvalue weighted by molar-refractivity contribution is 7.91. The van der Waals surface area contributed by atoms with E-state index in [1.54, 1.807) is 35.2 Å². The average Bonchev–Trinajstić information content (AvgIpc) is 4.10. The predicted molar refractivity (Wildman–Crippen MR) is 224 cm³/mol. The Hall–Kier alpha value is -3.91. The van der Waals surface area contributed by atoms with Crippen molar-refractivity contribution >= 4 is 62.1 Å². The topological polar surface area (TPSA) is 187 Å². The van der Waals surface area contributed by atoms with Crippen molar-refractivity contribution < 1.29 is 32.4 Å². The number of benzene rings is 1. The fourth-order valence-corrected chi connectivity index (χ4v) is 13.0. The van der Waals surface area contributed by atoms with Crippen LogP contribution in [0.2, 0.25) is 5.02 Å². The molecule has 1 aliphatic heterocycles. The number of aromatic amines is 1. The number of nitrogens with zero attached hydrogens (tertiary/aromatic N) is 1. The van der Waals surface area contributed by atoms with Gasteiger partial charge in [-0.15, -0.1) is 6.58 Å². The third-order valence-corrected chi connectivity index (χ3v) is 17.6. The maximum absolute atomic E-state index is 15.2. The second kappa shape index (κ2) is 14.3.